The molecule has 158 valence electrons. The molecule has 5 nitrogen and oxygen atoms in total. The summed E-state index contributed by atoms with van der Waals surface area (Å²) in [4.78, 5) is 39.5. The van der Waals surface area contributed by atoms with Crippen molar-refractivity contribution in [2.24, 2.45) is 35.5 Å². The molecule has 0 aromatic heterocycles. The van der Waals surface area contributed by atoms with Crippen LogP contribution >= 0.6 is 23.2 Å². The fraction of sp³-hybridized carbons (Fsp3) is 0.522. The minimum Gasteiger partial charge on any atom is -0.325 e. The molecule has 3 amide bonds. The number of allylic oxidation sites excluding steroid dienone is 2. The fourth-order valence-corrected chi connectivity index (χ4v) is 6.23. The summed E-state index contributed by atoms with van der Waals surface area (Å²) in [5, 5.41) is 3.71. The molecule has 2 bridgehead atoms. The van der Waals surface area contributed by atoms with Crippen LogP contribution in [0.15, 0.2) is 30.4 Å². The lowest BCUT2D eigenvalue weighted by Gasteiger charge is -2.37. The predicted octanol–water partition coefficient (Wildman–Crippen LogP) is 4.55. The zero-order valence-corrected chi connectivity index (χ0v) is 18.0. The molecule has 6 rings (SSSR count). The molecule has 0 radical (unpaired) electrons. The Balaban J connectivity index is 1.08. The average molecular weight is 447 g/mol. The molecule has 1 aliphatic heterocycles. The van der Waals surface area contributed by atoms with Crippen LogP contribution in [0.4, 0.5) is 5.69 Å². The first kappa shape index (κ1) is 20.1. The third kappa shape index (κ3) is 3.36. The highest BCUT2D eigenvalue weighted by Gasteiger charge is 2.66. The maximum atomic E-state index is 12.9. The Morgan fingerprint density at radius 2 is 1.67 bits per heavy atom. The van der Waals surface area contributed by atoms with Crippen molar-refractivity contribution in [1.29, 1.82) is 0 Å². The topological polar surface area (TPSA) is 66.5 Å². The molecule has 0 spiro atoms. The van der Waals surface area contributed by atoms with Crippen LogP contribution in [0.1, 0.15) is 32.1 Å². The first-order valence-corrected chi connectivity index (χ1v) is 11.5. The summed E-state index contributed by atoms with van der Waals surface area (Å²) in [5.41, 5.74) is 0.545. The first-order chi connectivity index (χ1) is 14.5. The molecule has 30 heavy (non-hydrogen) atoms. The van der Waals surface area contributed by atoms with Crippen molar-refractivity contribution in [3.8, 4) is 0 Å². The van der Waals surface area contributed by atoms with Gasteiger partial charge in [-0.05, 0) is 61.1 Å². The lowest BCUT2D eigenvalue weighted by molar-refractivity contribution is -0.140. The van der Waals surface area contributed by atoms with E-state index in [1.165, 1.54) is 11.3 Å². The quantitative estimate of drug-likeness (QED) is 0.379. The summed E-state index contributed by atoms with van der Waals surface area (Å²) in [7, 11) is 0. The summed E-state index contributed by atoms with van der Waals surface area (Å²) in [6.45, 7) is 0.462. The van der Waals surface area contributed by atoms with E-state index in [9.17, 15) is 14.4 Å². The number of unbranched alkanes of at least 4 members (excludes halogenated alkanes) is 2. The van der Waals surface area contributed by atoms with Gasteiger partial charge in [0.1, 0.15) is 0 Å². The number of hydrogen-bond donors (Lipinski definition) is 1. The van der Waals surface area contributed by atoms with Gasteiger partial charge in [-0.1, -0.05) is 41.8 Å². The van der Waals surface area contributed by atoms with E-state index in [4.69, 9.17) is 23.2 Å². The van der Waals surface area contributed by atoms with Crippen molar-refractivity contribution in [2.45, 2.75) is 32.1 Å². The monoisotopic (exact) mass is 446 g/mol. The molecule has 1 heterocycles. The molecule has 1 saturated heterocycles. The normalized spacial score (nSPS) is 32.9. The van der Waals surface area contributed by atoms with Crippen LogP contribution in [0.25, 0.3) is 0 Å². The van der Waals surface area contributed by atoms with Gasteiger partial charge < -0.3 is 5.32 Å². The Hall–Kier alpha value is -1.85. The molecule has 1 N–H and O–H groups in total. The van der Waals surface area contributed by atoms with Crippen LogP contribution in [0.2, 0.25) is 10.0 Å². The minimum atomic E-state index is -0.119. The van der Waals surface area contributed by atoms with Crippen LogP contribution in [0.3, 0.4) is 0 Å². The summed E-state index contributed by atoms with van der Waals surface area (Å²) in [5.74, 6) is 1.52. The molecule has 1 aromatic carbocycles. The van der Waals surface area contributed by atoms with Gasteiger partial charge in [-0.2, -0.15) is 0 Å². The molecule has 3 fully saturated rings. The molecule has 0 unspecified atom stereocenters. The number of carbonyl (C=O) groups is 3. The molecule has 6 atom stereocenters. The Morgan fingerprint density at radius 1 is 1.00 bits per heavy atom. The maximum absolute atomic E-state index is 12.9. The number of anilines is 1. The van der Waals surface area contributed by atoms with Crippen molar-refractivity contribution >= 4 is 46.6 Å². The number of rotatable bonds is 7. The van der Waals surface area contributed by atoms with Gasteiger partial charge in [-0.3, -0.25) is 19.3 Å². The second-order valence-corrected chi connectivity index (χ2v) is 9.81. The molecular formula is C23H24Cl2N2O3. The number of nitrogens with zero attached hydrogens (tertiary/aromatic N) is 1. The van der Waals surface area contributed by atoms with Crippen LogP contribution in [-0.2, 0) is 14.4 Å². The predicted molar refractivity (Wildman–Crippen MR) is 115 cm³/mol. The van der Waals surface area contributed by atoms with Gasteiger partial charge in [-0.25, -0.2) is 0 Å². The number of nitrogens with one attached hydrogen (secondary N) is 1. The summed E-state index contributed by atoms with van der Waals surface area (Å²) in [6, 6.07) is 4.94. The standard InChI is InChI=1S/C23H24Cl2N2O3/c24-12-5-8-18(17(25)10-12)26-19(28)4-2-1-3-9-27-22(29)20-13-6-7-14(16-11-15(13)16)21(20)23(27)30/h5-8,10,13-16,20-21H,1-4,9,11H2,(H,26,28)/t13-,14-,15-,16-,20-,21+/m1/s1. The number of amides is 3. The summed E-state index contributed by atoms with van der Waals surface area (Å²) >= 11 is 11.9. The van der Waals surface area contributed by atoms with E-state index in [1.54, 1.807) is 18.2 Å². The minimum absolute atomic E-state index is 0.0322. The Bertz CT molecular complexity index is 910. The van der Waals surface area contributed by atoms with Crippen molar-refractivity contribution in [1.82, 2.24) is 4.90 Å². The molecule has 4 aliphatic carbocycles. The molecule has 1 aromatic rings. The van der Waals surface area contributed by atoms with Crippen LogP contribution < -0.4 is 5.32 Å². The van der Waals surface area contributed by atoms with E-state index in [1.807, 2.05) is 0 Å². The number of halogens is 2. The molecule has 5 aliphatic rings. The van der Waals surface area contributed by atoms with Gasteiger partial charge >= 0.3 is 0 Å². The largest absolute Gasteiger partial charge is 0.325 e. The second kappa shape index (κ2) is 7.69. The highest BCUT2D eigenvalue weighted by atomic mass is 35.5. The lowest BCUT2D eigenvalue weighted by atomic mass is 9.63. The molecular weight excluding hydrogens is 423 g/mol. The van der Waals surface area contributed by atoms with Crippen molar-refractivity contribution in [3.05, 3.63) is 40.4 Å². The first-order valence-electron chi connectivity index (χ1n) is 10.7. The summed E-state index contributed by atoms with van der Waals surface area (Å²) in [6.07, 6.45) is 8.13. The molecule has 7 heteroatoms. The SMILES string of the molecule is O=C(CCCCCN1C(=O)[C@@H]2[C@@H]3C=C[C@H]([C@H]4C[C@H]34)[C@@H]2C1=O)Nc1ccc(Cl)cc1Cl. The smallest absolute Gasteiger partial charge is 0.233 e. The van der Waals surface area contributed by atoms with Gasteiger partial charge in [0.05, 0.1) is 22.5 Å². The Morgan fingerprint density at radius 3 is 2.30 bits per heavy atom. The third-order valence-corrected chi connectivity index (χ3v) is 7.79. The number of carbonyl (C=O) groups excluding carboxylic acids is 3. The van der Waals surface area contributed by atoms with E-state index < -0.39 is 0 Å². The van der Waals surface area contributed by atoms with Crippen LogP contribution in [0.5, 0.6) is 0 Å². The van der Waals surface area contributed by atoms with Gasteiger partial charge in [0.2, 0.25) is 17.7 Å². The highest BCUT2D eigenvalue weighted by Crippen LogP contribution is 2.65. The average Bonchev–Trinajstić information content (AvgIpc) is 3.50. The van der Waals surface area contributed by atoms with Crippen molar-refractivity contribution in [2.75, 3.05) is 11.9 Å². The van der Waals surface area contributed by atoms with Crippen LogP contribution in [0, 0.1) is 35.5 Å². The number of imide groups is 1. The van der Waals surface area contributed by atoms with E-state index in [0.717, 1.165) is 12.8 Å². The van der Waals surface area contributed by atoms with E-state index in [2.05, 4.69) is 17.5 Å². The lowest BCUT2D eigenvalue weighted by Crippen LogP contribution is -2.40. The van der Waals surface area contributed by atoms with Crippen molar-refractivity contribution in [3.63, 3.8) is 0 Å². The van der Waals surface area contributed by atoms with E-state index >= 15 is 0 Å². The van der Waals surface area contributed by atoms with Gasteiger partial charge in [-0.15, -0.1) is 0 Å². The second-order valence-electron chi connectivity index (χ2n) is 8.97. The zero-order valence-electron chi connectivity index (χ0n) is 16.5. The van der Waals surface area contributed by atoms with Gasteiger partial charge in [0.25, 0.3) is 0 Å². The van der Waals surface area contributed by atoms with Crippen LogP contribution in [-0.4, -0.2) is 29.2 Å². The summed E-state index contributed by atoms with van der Waals surface area (Å²) < 4.78 is 0. The van der Waals surface area contributed by atoms with Crippen molar-refractivity contribution < 1.29 is 14.4 Å². The number of likely N-dealkylation sites (tertiary alicyclic amines) is 1. The Kier molecular flexibility index (Phi) is 5.14. The Labute approximate surface area is 185 Å². The van der Waals surface area contributed by atoms with E-state index in [0.29, 0.717) is 47.0 Å². The van der Waals surface area contributed by atoms with Gasteiger partial charge in [0, 0.05) is 18.0 Å². The fourth-order valence-electron chi connectivity index (χ4n) is 5.77. The number of hydrogen-bond acceptors (Lipinski definition) is 3. The maximum Gasteiger partial charge on any atom is 0.233 e. The third-order valence-electron chi connectivity index (χ3n) is 7.24. The number of benzene rings is 1. The molecule has 2 saturated carbocycles. The highest BCUT2D eigenvalue weighted by molar-refractivity contribution is 6.36. The van der Waals surface area contributed by atoms with E-state index in [-0.39, 0.29) is 41.4 Å². The zero-order chi connectivity index (χ0) is 21.0. The van der Waals surface area contributed by atoms with Gasteiger partial charge in [0.15, 0.2) is 0 Å².